The minimum absolute atomic E-state index is 0.145. The van der Waals surface area contributed by atoms with Crippen LogP contribution in [0.2, 0.25) is 0 Å². The van der Waals surface area contributed by atoms with E-state index in [0.717, 1.165) is 62.0 Å². The Balaban J connectivity index is 1.45. The van der Waals surface area contributed by atoms with Gasteiger partial charge in [0, 0.05) is 43.5 Å². The van der Waals surface area contributed by atoms with Crippen LogP contribution in [-0.4, -0.2) is 62.2 Å². The topological polar surface area (TPSA) is 68.3 Å². The highest BCUT2D eigenvalue weighted by molar-refractivity contribution is 5.84. The minimum Gasteiger partial charge on any atom is -0.494 e. The van der Waals surface area contributed by atoms with Gasteiger partial charge < -0.3 is 14.7 Å². The largest absolute Gasteiger partial charge is 0.494 e. The zero-order chi connectivity index (χ0) is 23.7. The smallest absolute Gasteiger partial charge is 0.165 e. The molecule has 1 aliphatic rings. The molecule has 178 valence electrons. The quantitative estimate of drug-likeness (QED) is 0.449. The summed E-state index contributed by atoms with van der Waals surface area (Å²) in [6, 6.07) is 8.94. The summed E-state index contributed by atoms with van der Waals surface area (Å²) in [5.41, 5.74) is 4.41. The Morgan fingerprint density at radius 3 is 2.68 bits per heavy atom. The number of methoxy groups -OCH3 is 1. The van der Waals surface area contributed by atoms with E-state index in [1.165, 1.54) is 18.7 Å². The lowest BCUT2D eigenvalue weighted by atomic mass is 10.1. The molecule has 0 unspecified atom stereocenters. The van der Waals surface area contributed by atoms with Crippen molar-refractivity contribution >= 4 is 11.0 Å². The van der Waals surface area contributed by atoms with Crippen LogP contribution in [0.5, 0.6) is 5.75 Å². The maximum absolute atomic E-state index is 14.3. The number of ether oxygens (including phenoxy) is 1. The zero-order valence-electron chi connectivity index (χ0n) is 19.6. The third-order valence-corrected chi connectivity index (χ3v) is 6.63. The Morgan fingerprint density at radius 2 is 1.97 bits per heavy atom. The molecule has 4 heterocycles. The van der Waals surface area contributed by atoms with Crippen molar-refractivity contribution in [1.29, 1.82) is 0 Å². The number of likely N-dealkylation sites (tertiary alicyclic amines) is 1. The molecule has 0 bridgehead atoms. The number of aliphatic hydroxyl groups excluding tert-OH is 1. The van der Waals surface area contributed by atoms with Crippen molar-refractivity contribution in [2.45, 2.75) is 31.8 Å². The number of pyridine rings is 1. The van der Waals surface area contributed by atoms with E-state index in [9.17, 15) is 9.50 Å². The van der Waals surface area contributed by atoms with E-state index in [1.54, 1.807) is 10.7 Å². The molecule has 0 amide bonds. The molecule has 1 aromatic carbocycles. The third-order valence-electron chi connectivity index (χ3n) is 6.63. The molecular formula is C26H30FN5O2. The number of aliphatic hydroxyl groups is 1. The number of fused-ring (bicyclic) bond motifs is 1. The number of aryl methyl sites for hydroxylation is 2. The highest BCUT2D eigenvalue weighted by atomic mass is 19.1. The summed E-state index contributed by atoms with van der Waals surface area (Å²) < 4.78 is 23.2. The van der Waals surface area contributed by atoms with Crippen LogP contribution in [0, 0.1) is 5.82 Å². The second-order valence-corrected chi connectivity index (χ2v) is 8.99. The number of rotatable bonds is 7. The van der Waals surface area contributed by atoms with Crippen molar-refractivity contribution in [3.05, 3.63) is 60.3 Å². The first-order chi connectivity index (χ1) is 16.5. The number of benzene rings is 1. The van der Waals surface area contributed by atoms with E-state index in [0.29, 0.717) is 11.3 Å². The predicted octanol–water partition coefficient (Wildman–Crippen LogP) is 3.96. The molecule has 1 saturated heterocycles. The first-order valence-electron chi connectivity index (χ1n) is 11.8. The summed E-state index contributed by atoms with van der Waals surface area (Å²) in [6.45, 7) is 2.94. The number of aromatic nitrogens is 4. The fraction of sp³-hybridized carbons (Fsp3) is 0.385. The van der Waals surface area contributed by atoms with Gasteiger partial charge in [-0.05, 0) is 68.1 Å². The Kier molecular flexibility index (Phi) is 6.34. The molecule has 34 heavy (non-hydrogen) atoms. The maximum atomic E-state index is 14.3. The molecule has 3 aromatic heterocycles. The molecule has 0 spiro atoms. The minimum atomic E-state index is -0.407. The van der Waals surface area contributed by atoms with Crippen LogP contribution < -0.4 is 4.74 Å². The van der Waals surface area contributed by atoms with Crippen molar-refractivity contribution in [3.63, 3.8) is 0 Å². The second kappa shape index (κ2) is 9.56. The highest BCUT2D eigenvalue weighted by Crippen LogP contribution is 2.30. The number of hydrogen-bond acceptors (Lipinski definition) is 5. The summed E-state index contributed by atoms with van der Waals surface area (Å²) in [5, 5.41) is 15.2. The Labute approximate surface area is 198 Å². The number of halogens is 1. The molecule has 0 radical (unpaired) electrons. The van der Waals surface area contributed by atoms with Gasteiger partial charge in [0.2, 0.25) is 0 Å². The maximum Gasteiger partial charge on any atom is 0.165 e. The van der Waals surface area contributed by atoms with Crippen LogP contribution in [0.3, 0.4) is 0 Å². The van der Waals surface area contributed by atoms with E-state index in [2.05, 4.69) is 26.8 Å². The highest BCUT2D eigenvalue weighted by Gasteiger charge is 2.18. The number of hydrogen-bond donors (Lipinski definition) is 1. The van der Waals surface area contributed by atoms with Gasteiger partial charge in [0.25, 0.3) is 0 Å². The average molecular weight is 464 g/mol. The predicted molar refractivity (Wildman–Crippen MR) is 130 cm³/mol. The van der Waals surface area contributed by atoms with Gasteiger partial charge in [0.05, 0.1) is 30.8 Å². The Bertz CT molecular complexity index is 1290. The van der Waals surface area contributed by atoms with Crippen LogP contribution in [-0.2, 0) is 13.5 Å². The lowest BCUT2D eigenvalue weighted by molar-refractivity contribution is 0.0821. The molecule has 7 nitrogen and oxygen atoms in total. The Hall–Kier alpha value is -3.23. The van der Waals surface area contributed by atoms with Gasteiger partial charge in [-0.1, -0.05) is 0 Å². The monoisotopic (exact) mass is 463 g/mol. The summed E-state index contributed by atoms with van der Waals surface area (Å²) in [5.74, 6) is -0.190. The lowest BCUT2D eigenvalue weighted by Gasteiger charge is -2.29. The summed E-state index contributed by atoms with van der Waals surface area (Å²) in [4.78, 5) is 7.37. The molecule has 1 N–H and O–H groups in total. The van der Waals surface area contributed by atoms with Crippen molar-refractivity contribution in [2.75, 3.05) is 26.7 Å². The fourth-order valence-corrected chi connectivity index (χ4v) is 4.72. The molecule has 4 aromatic rings. The molecule has 8 heteroatoms. The third kappa shape index (κ3) is 4.56. The van der Waals surface area contributed by atoms with Gasteiger partial charge in [-0.15, -0.1) is 0 Å². The normalized spacial score (nSPS) is 15.3. The zero-order valence-corrected chi connectivity index (χ0v) is 19.6. The van der Waals surface area contributed by atoms with Crippen molar-refractivity contribution in [3.8, 4) is 22.7 Å². The van der Waals surface area contributed by atoms with Gasteiger partial charge in [0.1, 0.15) is 5.65 Å². The van der Waals surface area contributed by atoms with Crippen LogP contribution in [0.25, 0.3) is 28.0 Å². The van der Waals surface area contributed by atoms with Crippen LogP contribution >= 0.6 is 0 Å². The first-order valence-corrected chi connectivity index (χ1v) is 11.8. The average Bonchev–Trinajstić information content (AvgIpc) is 3.43. The van der Waals surface area contributed by atoms with Gasteiger partial charge in [-0.3, -0.25) is 9.25 Å². The molecule has 0 saturated carbocycles. The molecule has 0 atom stereocenters. The lowest BCUT2D eigenvalue weighted by Crippen LogP contribution is -2.36. The van der Waals surface area contributed by atoms with Crippen LogP contribution in [0.1, 0.15) is 24.8 Å². The van der Waals surface area contributed by atoms with Gasteiger partial charge >= 0.3 is 0 Å². The number of piperidine rings is 1. The van der Waals surface area contributed by atoms with E-state index in [-0.39, 0.29) is 11.9 Å². The van der Waals surface area contributed by atoms with Crippen molar-refractivity contribution in [1.82, 2.24) is 24.2 Å². The molecular weight excluding hydrogens is 433 g/mol. The Morgan fingerprint density at radius 1 is 1.15 bits per heavy atom. The summed E-state index contributed by atoms with van der Waals surface area (Å²) in [6.07, 6.45) is 9.47. The standard InChI is InChI=1S/C26H30FN5O2/c1-30-17-20(15-28-30)32-16-19(4-3-11-31-12-9-21(33)10-13-31)22-6-7-24(29-26(22)32)18-5-8-25(34-2)23(27)14-18/h5-8,14-17,21,33H,3-4,9-13H2,1-2H3. The van der Waals surface area contributed by atoms with E-state index >= 15 is 0 Å². The molecule has 1 fully saturated rings. The van der Waals surface area contributed by atoms with Crippen LogP contribution in [0.15, 0.2) is 48.9 Å². The van der Waals surface area contributed by atoms with Crippen molar-refractivity contribution < 1.29 is 14.2 Å². The molecule has 1 aliphatic heterocycles. The fourth-order valence-electron chi connectivity index (χ4n) is 4.72. The molecule has 0 aliphatic carbocycles. The summed E-state index contributed by atoms with van der Waals surface area (Å²) >= 11 is 0. The van der Waals surface area contributed by atoms with Gasteiger partial charge in [0.15, 0.2) is 11.6 Å². The SMILES string of the molecule is COc1ccc(-c2ccc3c(CCCN4CCC(O)CC4)cn(-c4cnn(C)c4)c3n2)cc1F. The molecule has 5 rings (SSSR count). The van der Waals surface area contributed by atoms with Crippen LogP contribution in [0.4, 0.5) is 4.39 Å². The van der Waals surface area contributed by atoms with Gasteiger partial charge in [-0.2, -0.15) is 5.10 Å². The van der Waals surface area contributed by atoms with E-state index in [4.69, 9.17) is 9.72 Å². The van der Waals surface area contributed by atoms with Gasteiger partial charge in [-0.25, -0.2) is 9.37 Å². The number of nitrogens with zero attached hydrogens (tertiary/aromatic N) is 5. The van der Waals surface area contributed by atoms with E-state index in [1.807, 2.05) is 31.6 Å². The summed E-state index contributed by atoms with van der Waals surface area (Å²) in [7, 11) is 3.35. The van der Waals surface area contributed by atoms with E-state index < -0.39 is 5.82 Å². The van der Waals surface area contributed by atoms with Crippen molar-refractivity contribution in [2.24, 2.45) is 7.05 Å². The first kappa shape index (κ1) is 22.6. The second-order valence-electron chi connectivity index (χ2n) is 8.99.